The van der Waals surface area contributed by atoms with Gasteiger partial charge in [-0.05, 0) is 49.1 Å². The van der Waals surface area contributed by atoms with Crippen LogP contribution in [0.1, 0.15) is 43.0 Å². The number of hydrogen-bond acceptors (Lipinski definition) is 5. The van der Waals surface area contributed by atoms with Crippen LogP contribution in [0.25, 0.3) is 0 Å². The maximum absolute atomic E-state index is 13.4. The molecule has 1 fully saturated rings. The molecule has 6 heteroatoms. The van der Waals surface area contributed by atoms with Crippen molar-refractivity contribution in [2.24, 2.45) is 5.92 Å². The number of furan rings is 1. The van der Waals surface area contributed by atoms with Gasteiger partial charge in [-0.25, -0.2) is 0 Å². The quantitative estimate of drug-likeness (QED) is 0.883. The van der Waals surface area contributed by atoms with Gasteiger partial charge in [0.05, 0.1) is 30.3 Å². The number of nitrogens with zero attached hydrogens (tertiary/aromatic N) is 1. The summed E-state index contributed by atoms with van der Waals surface area (Å²) in [7, 11) is 0. The predicted octanol–water partition coefficient (Wildman–Crippen LogP) is 3.48. The molecule has 3 atom stereocenters. The summed E-state index contributed by atoms with van der Waals surface area (Å²) in [5.74, 6) is 0.544. The number of carbonyl (C=O) groups excluding carboxylic acids is 2. The number of Topliss-reactive ketones (excluding diaryl/α,β-unsaturated/α-hetero) is 1. The van der Waals surface area contributed by atoms with E-state index < -0.39 is 6.04 Å². The number of amides is 1. The van der Waals surface area contributed by atoms with Crippen molar-refractivity contribution in [2.45, 2.75) is 44.4 Å². The molecular weight excluding hydrogens is 358 g/mol. The Morgan fingerprint density at radius 1 is 1.07 bits per heavy atom. The molecule has 5 rings (SSSR count). The smallest absolute Gasteiger partial charge is 0.290 e. The maximum Gasteiger partial charge on any atom is 0.290 e. The van der Waals surface area contributed by atoms with Crippen molar-refractivity contribution in [2.75, 3.05) is 0 Å². The van der Waals surface area contributed by atoms with E-state index >= 15 is 0 Å². The maximum atomic E-state index is 13.4. The van der Waals surface area contributed by atoms with Crippen molar-refractivity contribution in [1.29, 1.82) is 0 Å². The monoisotopic (exact) mass is 379 g/mol. The summed E-state index contributed by atoms with van der Waals surface area (Å²) in [5, 5.41) is 9.66. The van der Waals surface area contributed by atoms with Crippen molar-refractivity contribution in [3.8, 4) is 5.75 Å². The lowest BCUT2D eigenvalue weighted by Gasteiger charge is -2.35. The fraction of sp³-hybridized carbons (Fsp3) is 0.364. The first kappa shape index (κ1) is 17.1. The van der Waals surface area contributed by atoms with E-state index in [1.807, 2.05) is 0 Å². The third-order valence-electron chi connectivity index (χ3n) is 5.97. The van der Waals surface area contributed by atoms with Crippen LogP contribution in [-0.2, 0) is 20.9 Å². The number of carbonyl (C=O) groups is 2. The predicted molar refractivity (Wildman–Crippen MR) is 99.0 cm³/mol. The molecule has 1 amide bonds. The lowest BCUT2D eigenvalue weighted by molar-refractivity contribution is -0.135. The second kappa shape index (κ2) is 6.55. The minimum Gasteiger partial charge on any atom is -0.508 e. The van der Waals surface area contributed by atoms with Crippen LogP contribution in [0.15, 0.2) is 58.4 Å². The molecule has 2 aliphatic heterocycles. The van der Waals surface area contributed by atoms with Crippen molar-refractivity contribution in [3.05, 3.63) is 65.3 Å². The third kappa shape index (κ3) is 2.63. The van der Waals surface area contributed by atoms with Gasteiger partial charge in [0.15, 0.2) is 11.5 Å². The van der Waals surface area contributed by atoms with Crippen LogP contribution in [0, 0.1) is 5.92 Å². The van der Waals surface area contributed by atoms with Gasteiger partial charge >= 0.3 is 0 Å². The largest absolute Gasteiger partial charge is 0.508 e. The van der Waals surface area contributed by atoms with Crippen LogP contribution in [0.3, 0.4) is 0 Å². The van der Waals surface area contributed by atoms with E-state index in [2.05, 4.69) is 0 Å². The van der Waals surface area contributed by atoms with E-state index in [1.165, 1.54) is 0 Å². The first-order chi connectivity index (χ1) is 13.6. The Morgan fingerprint density at radius 3 is 2.61 bits per heavy atom. The number of phenols is 1. The zero-order chi connectivity index (χ0) is 19.3. The van der Waals surface area contributed by atoms with Gasteiger partial charge in [-0.15, -0.1) is 0 Å². The molecule has 1 saturated carbocycles. The molecule has 0 saturated heterocycles. The van der Waals surface area contributed by atoms with Gasteiger partial charge < -0.3 is 19.2 Å². The molecule has 0 bridgehead atoms. The average Bonchev–Trinajstić information content (AvgIpc) is 3.31. The molecule has 0 spiro atoms. The first-order valence-electron chi connectivity index (χ1n) is 9.71. The zero-order valence-electron chi connectivity index (χ0n) is 15.3. The highest BCUT2D eigenvalue weighted by Crippen LogP contribution is 2.47. The highest BCUT2D eigenvalue weighted by atomic mass is 16.5. The molecule has 6 nitrogen and oxygen atoms in total. The normalized spacial score (nSPS) is 26.9. The highest BCUT2D eigenvalue weighted by molar-refractivity contribution is 6.11. The van der Waals surface area contributed by atoms with Crippen molar-refractivity contribution in [1.82, 2.24) is 4.90 Å². The fourth-order valence-corrected chi connectivity index (χ4v) is 4.63. The van der Waals surface area contributed by atoms with E-state index in [9.17, 15) is 14.7 Å². The molecule has 28 heavy (non-hydrogen) atoms. The average molecular weight is 379 g/mol. The number of hydrogen-bond donors (Lipinski definition) is 1. The van der Waals surface area contributed by atoms with E-state index in [1.54, 1.807) is 47.6 Å². The fourth-order valence-electron chi connectivity index (χ4n) is 4.63. The SMILES string of the molecule is O=C1C2=C(OC3CCCCC13)C(=O)N(Cc1ccco1)C2c1ccc(O)cc1. The molecule has 3 unspecified atom stereocenters. The van der Waals surface area contributed by atoms with Crippen molar-refractivity contribution >= 4 is 11.7 Å². The van der Waals surface area contributed by atoms with E-state index in [4.69, 9.17) is 9.15 Å². The lowest BCUT2D eigenvalue weighted by atomic mass is 9.77. The van der Waals surface area contributed by atoms with Crippen LogP contribution in [0.5, 0.6) is 5.75 Å². The second-order valence-corrected chi connectivity index (χ2v) is 7.66. The van der Waals surface area contributed by atoms with Gasteiger partial charge in [0.2, 0.25) is 0 Å². The van der Waals surface area contributed by atoms with Crippen LogP contribution in [0.4, 0.5) is 0 Å². The Morgan fingerprint density at radius 2 is 1.86 bits per heavy atom. The van der Waals surface area contributed by atoms with Crippen LogP contribution < -0.4 is 0 Å². The van der Waals surface area contributed by atoms with Gasteiger partial charge in [0, 0.05) is 0 Å². The Kier molecular flexibility index (Phi) is 4.00. The topological polar surface area (TPSA) is 80.0 Å². The van der Waals surface area contributed by atoms with Gasteiger partial charge in [-0.1, -0.05) is 18.6 Å². The zero-order valence-corrected chi connectivity index (χ0v) is 15.3. The van der Waals surface area contributed by atoms with Crippen LogP contribution in [-0.4, -0.2) is 27.8 Å². The van der Waals surface area contributed by atoms with Gasteiger partial charge in [0.1, 0.15) is 17.6 Å². The van der Waals surface area contributed by atoms with Crippen LogP contribution in [0.2, 0.25) is 0 Å². The van der Waals surface area contributed by atoms with E-state index in [0.29, 0.717) is 11.3 Å². The van der Waals surface area contributed by atoms with Gasteiger partial charge in [-0.3, -0.25) is 9.59 Å². The Balaban J connectivity index is 1.59. The molecule has 1 aliphatic carbocycles. The summed E-state index contributed by atoms with van der Waals surface area (Å²) in [6.45, 7) is 0.246. The van der Waals surface area contributed by atoms with Gasteiger partial charge in [-0.2, -0.15) is 0 Å². The number of ether oxygens (including phenoxy) is 1. The molecule has 3 aliphatic rings. The van der Waals surface area contributed by atoms with Gasteiger partial charge in [0.25, 0.3) is 5.91 Å². The summed E-state index contributed by atoms with van der Waals surface area (Å²) >= 11 is 0. The minimum atomic E-state index is -0.538. The summed E-state index contributed by atoms with van der Waals surface area (Å²) in [6.07, 6.45) is 5.00. The van der Waals surface area contributed by atoms with E-state index in [-0.39, 0.29) is 41.8 Å². The molecule has 2 aromatic rings. The first-order valence-corrected chi connectivity index (χ1v) is 9.71. The number of fused-ring (bicyclic) bond motifs is 1. The number of aromatic hydroxyl groups is 1. The standard InChI is InChI=1S/C22H21NO5/c24-14-9-7-13(8-10-14)19-18-20(25)16-5-1-2-6-17(16)28-21(18)22(26)23(19)12-15-4-3-11-27-15/h3-4,7-11,16-17,19,24H,1-2,5-6,12H2. The second-order valence-electron chi connectivity index (χ2n) is 7.66. The third-order valence-corrected chi connectivity index (χ3v) is 5.97. The summed E-state index contributed by atoms with van der Waals surface area (Å²) < 4.78 is 11.6. The Bertz CT molecular complexity index is 944. The summed E-state index contributed by atoms with van der Waals surface area (Å²) in [6, 6.07) is 9.68. The van der Waals surface area contributed by atoms with Crippen molar-refractivity contribution < 1.29 is 23.8 Å². The molecule has 3 heterocycles. The number of phenolic OH excluding ortho intramolecular Hbond substituents is 1. The lowest BCUT2D eigenvalue weighted by Crippen LogP contribution is -2.39. The molecule has 1 aromatic heterocycles. The number of ketones is 1. The Hall–Kier alpha value is -3.02. The van der Waals surface area contributed by atoms with E-state index in [0.717, 1.165) is 31.2 Å². The summed E-state index contributed by atoms with van der Waals surface area (Å²) in [5.41, 5.74) is 1.22. The molecule has 144 valence electrons. The highest BCUT2D eigenvalue weighted by Gasteiger charge is 2.52. The van der Waals surface area contributed by atoms with Crippen molar-refractivity contribution in [3.63, 3.8) is 0 Å². The molecule has 0 radical (unpaired) electrons. The Labute approximate surface area is 162 Å². The molecule has 1 N–H and O–H groups in total. The minimum absolute atomic E-state index is 0.0271. The molecular formula is C22H21NO5. The van der Waals surface area contributed by atoms with Crippen LogP contribution >= 0.6 is 0 Å². The molecule has 1 aromatic carbocycles. The summed E-state index contributed by atoms with van der Waals surface area (Å²) in [4.78, 5) is 28.3. The number of rotatable bonds is 3. The number of benzene rings is 1.